The summed E-state index contributed by atoms with van der Waals surface area (Å²) in [5.41, 5.74) is 1.37. The Kier molecular flexibility index (Phi) is 2.73. The molecule has 0 aliphatic heterocycles. The molecule has 14 heavy (non-hydrogen) atoms. The second kappa shape index (κ2) is 4.01. The summed E-state index contributed by atoms with van der Waals surface area (Å²) in [6.07, 6.45) is 2.57. The van der Waals surface area contributed by atoms with Crippen molar-refractivity contribution < 1.29 is 5.11 Å². The van der Waals surface area contributed by atoms with Crippen LogP contribution in [0.15, 0.2) is 24.3 Å². The van der Waals surface area contributed by atoms with Gasteiger partial charge in [-0.1, -0.05) is 12.1 Å². The van der Waals surface area contributed by atoms with Crippen LogP contribution in [0.5, 0.6) is 5.75 Å². The van der Waals surface area contributed by atoms with Crippen molar-refractivity contribution in [3.63, 3.8) is 0 Å². The minimum Gasteiger partial charge on any atom is -0.508 e. The quantitative estimate of drug-likeness (QED) is 0.767. The molecule has 1 aromatic carbocycles. The van der Waals surface area contributed by atoms with Gasteiger partial charge < -0.3 is 10.4 Å². The standard InChI is InChI=1S/C12H17NO/c1-13-8-9-6-11(7-9)10-2-4-12(14)5-3-10/h2-5,9,11,13-14H,6-8H2,1H3. The average molecular weight is 191 g/mol. The summed E-state index contributed by atoms with van der Waals surface area (Å²) in [5.74, 6) is 1.92. The van der Waals surface area contributed by atoms with E-state index in [-0.39, 0.29) is 0 Å². The van der Waals surface area contributed by atoms with Crippen molar-refractivity contribution in [2.24, 2.45) is 5.92 Å². The zero-order valence-corrected chi connectivity index (χ0v) is 8.53. The van der Waals surface area contributed by atoms with E-state index in [0.29, 0.717) is 11.7 Å². The molecule has 2 N–H and O–H groups in total. The Morgan fingerprint density at radius 2 is 1.93 bits per heavy atom. The Hall–Kier alpha value is -1.02. The highest BCUT2D eigenvalue weighted by Gasteiger charge is 2.29. The first-order valence-electron chi connectivity index (χ1n) is 5.23. The maximum atomic E-state index is 9.16. The highest BCUT2D eigenvalue weighted by Crippen LogP contribution is 2.41. The number of rotatable bonds is 3. The van der Waals surface area contributed by atoms with Crippen LogP contribution in [0.4, 0.5) is 0 Å². The van der Waals surface area contributed by atoms with Gasteiger partial charge in [0.05, 0.1) is 0 Å². The van der Waals surface area contributed by atoms with Crippen molar-refractivity contribution in [3.8, 4) is 5.75 Å². The van der Waals surface area contributed by atoms with Crippen LogP contribution in [0, 0.1) is 5.92 Å². The molecule has 2 heteroatoms. The SMILES string of the molecule is CNCC1CC(c2ccc(O)cc2)C1. The monoisotopic (exact) mass is 191 g/mol. The Morgan fingerprint density at radius 3 is 2.50 bits per heavy atom. The Bertz CT molecular complexity index is 288. The van der Waals surface area contributed by atoms with Gasteiger partial charge in [0.15, 0.2) is 0 Å². The van der Waals surface area contributed by atoms with Crippen LogP contribution in [0.2, 0.25) is 0 Å². The van der Waals surface area contributed by atoms with Gasteiger partial charge in [-0.15, -0.1) is 0 Å². The minimum absolute atomic E-state index is 0.361. The number of phenolic OH excluding ortho intramolecular Hbond substituents is 1. The van der Waals surface area contributed by atoms with E-state index in [0.717, 1.165) is 12.5 Å². The fourth-order valence-electron chi connectivity index (χ4n) is 2.21. The van der Waals surface area contributed by atoms with E-state index >= 15 is 0 Å². The van der Waals surface area contributed by atoms with Crippen LogP contribution < -0.4 is 5.32 Å². The number of phenols is 1. The molecule has 1 aliphatic carbocycles. The maximum Gasteiger partial charge on any atom is 0.115 e. The fourth-order valence-corrected chi connectivity index (χ4v) is 2.21. The van der Waals surface area contributed by atoms with Gasteiger partial charge in [-0.2, -0.15) is 0 Å². The van der Waals surface area contributed by atoms with Crippen molar-refractivity contribution in [2.45, 2.75) is 18.8 Å². The van der Waals surface area contributed by atoms with Crippen LogP contribution in [0.3, 0.4) is 0 Å². The Labute approximate surface area is 85.0 Å². The summed E-state index contributed by atoms with van der Waals surface area (Å²) in [6, 6.07) is 7.63. The average Bonchev–Trinajstić information content (AvgIpc) is 2.13. The lowest BCUT2D eigenvalue weighted by atomic mass is 9.71. The van der Waals surface area contributed by atoms with Gasteiger partial charge in [0.1, 0.15) is 5.75 Å². The topological polar surface area (TPSA) is 32.3 Å². The lowest BCUT2D eigenvalue weighted by molar-refractivity contribution is 0.259. The van der Waals surface area contributed by atoms with E-state index in [1.54, 1.807) is 12.1 Å². The lowest BCUT2D eigenvalue weighted by Crippen LogP contribution is -2.30. The van der Waals surface area contributed by atoms with Crippen molar-refractivity contribution in [1.29, 1.82) is 0 Å². The predicted molar refractivity (Wildman–Crippen MR) is 57.5 cm³/mol. The van der Waals surface area contributed by atoms with Gasteiger partial charge in [0, 0.05) is 0 Å². The molecule has 2 rings (SSSR count). The molecule has 0 atom stereocenters. The maximum absolute atomic E-state index is 9.16. The van der Waals surface area contributed by atoms with E-state index in [1.807, 2.05) is 19.2 Å². The summed E-state index contributed by atoms with van der Waals surface area (Å²) in [4.78, 5) is 0. The van der Waals surface area contributed by atoms with Crippen LogP contribution in [0.25, 0.3) is 0 Å². The fraction of sp³-hybridized carbons (Fsp3) is 0.500. The molecular formula is C12H17NO. The third kappa shape index (κ3) is 1.90. The molecular weight excluding hydrogens is 174 g/mol. The highest BCUT2D eigenvalue weighted by atomic mass is 16.3. The van der Waals surface area contributed by atoms with Crippen molar-refractivity contribution in [1.82, 2.24) is 5.32 Å². The molecule has 0 amide bonds. The van der Waals surface area contributed by atoms with Gasteiger partial charge in [0.2, 0.25) is 0 Å². The van der Waals surface area contributed by atoms with Gasteiger partial charge in [-0.3, -0.25) is 0 Å². The van der Waals surface area contributed by atoms with Crippen LogP contribution >= 0.6 is 0 Å². The zero-order valence-electron chi connectivity index (χ0n) is 8.53. The van der Waals surface area contributed by atoms with Gasteiger partial charge in [0.25, 0.3) is 0 Å². The molecule has 1 aromatic rings. The predicted octanol–water partition coefficient (Wildman–Crippen LogP) is 2.11. The van der Waals surface area contributed by atoms with Crippen LogP contribution in [0.1, 0.15) is 24.3 Å². The highest BCUT2D eigenvalue weighted by molar-refractivity contribution is 5.29. The van der Waals surface area contributed by atoms with Crippen LogP contribution in [-0.4, -0.2) is 18.7 Å². The van der Waals surface area contributed by atoms with E-state index in [4.69, 9.17) is 5.11 Å². The second-order valence-corrected chi connectivity index (χ2v) is 4.18. The zero-order chi connectivity index (χ0) is 9.97. The summed E-state index contributed by atoms with van der Waals surface area (Å²) >= 11 is 0. The molecule has 2 nitrogen and oxygen atoms in total. The molecule has 0 saturated heterocycles. The van der Waals surface area contributed by atoms with Crippen LogP contribution in [-0.2, 0) is 0 Å². The van der Waals surface area contributed by atoms with E-state index in [9.17, 15) is 0 Å². The molecule has 0 aromatic heterocycles. The van der Waals surface area contributed by atoms with E-state index in [2.05, 4.69) is 5.32 Å². The second-order valence-electron chi connectivity index (χ2n) is 4.18. The molecule has 0 spiro atoms. The first-order valence-corrected chi connectivity index (χ1v) is 5.23. The number of benzene rings is 1. The molecule has 0 bridgehead atoms. The molecule has 0 radical (unpaired) electrons. The Balaban J connectivity index is 1.90. The normalized spacial score (nSPS) is 25.8. The molecule has 0 heterocycles. The molecule has 1 aliphatic rings. The summed E-state index contributed by atoms with van der Waals surface area (Å²) in [7, 11) is 2.01. The lowest BCUT2D eigenvalue weighted by Gasteiger charge is -2.35. The number of hydrogen-bond acceptors (Lipinski definition) is 2. The summed E-state index contributed by atoms with van der Waals surface area (Å²) < 4.78 is 0. The third-order valence-corrected chi connectivity index (χ3v) is 3.09. The number of aromatic hydroxyl groups is 1. The first-order chi connectivity index (χ1) is 6.79. The van der Waals surface area contributed by atoms with Gasteiger partial charge in [-0.25, -0.2) is 0 Å². The molecule has 76 valence electrons. The van der Waals surface area contributed by atoms with Crippen molar-refractivity contribution in [2.75, 3.05) is 13.6 Å². The molecule has 0 unspecified atom stereocenters. The summed E-state index contributed by atoms with van der Waals surface area (Å²) in [6.45, 7) is 1.13. The first kappa shape index (κ1) is 9.53. The number of nitrogens with one attached hydrogen (secondary N) is 1. The largest absolute Gasteiger partial charge is 0.508 e. The van der Waals surface area contributed by atoms with Gasteiger partial charge in [-0.05, 0) is 56.0 Å². The minimum atomic E-state index is 0.361. The third-order valence-electron chi connectivity index (χ3n) is 3.09. The summed E-state index contributed by atoms with van der Waals surface area (Å²) in [5, 5.41) is 12.4. The van der Waals surface area contributed by atoms with Crippen molar-refractivity contribution in [3.05, 3.63) is 29.8 Å². The Morgan fingerprint density at radius 1 is 1.29 bits per heavy atom. The molecule has 1 saturated carbocycles. The van der Waals surface area contributed by atoms with E-state index < -0.39 is 0 Å². The molecule has 1 fully saturated rings. The smallest absolute Gasteiger partial charge is 0.115 e. The van der Waals surface area contributed by atoms with E-state index in [1.165, 1.54) is 18.4 Å². The number of hydrogen-bond donors (Lipinski definition) is 2. The van der Waals surface area contributed by atoms with Crippen molar-refractivity contribution >= 4 is 0 Å². The van der Waals surface area contributed by atoms with Gasteiger partial charge >= 0.3 is 0 Å².